The van der Waals surface area contributed by atoms with Crippen LogP contribution < -0.4 is 16.2 Å². The van der Waals surface area contributed by atoms with E-state index >= 15 is 0 Å². The van der Waals surface area contributed by atoms with Crippen molar-refractivity contribution in [2.45, 2.75) is 59.9 Å². The molecule has 1 atom stereocenters. The molecule has 0 unspecified atom stereocenters. The summed E-state index contributed by atoms with van der Waals surface area (Å²) in [6.07, 6.45) is 4.89. The van der Waals surface area contributed by atoms with Gasteiger partial charge in [-0.25, -0.2) is 0 Å². The fourth-order valence-electron chi connectivity index (χ4n) is 2.51. The third-order valence-electron chi connectivity index (χ3n) is 4.01. The fourth-order valence-corrected chi connectivity index (χ4v) is 2.67. The third-order valence-corrected chi connectivity index (χ3v) is 4.30. The second-order valence-corrected chi connectivity index (χ2v) is 6.33. The van der Waals surface area contributed by atoms with Crippen molar-refractivity contribution >= 4 is 17.3 Å². The van der Waals surface area contributed by atoms with Gasteiger partial charge in [0, 0.05) is 24.3 Å². The van der Waals surface area contributed by atoms with Crippen LogP contribution in [0, 0.1) is 19.8 Å². The largest absolute Gasteiger partial charge is 0.362 e. The highest BCUT2D eigenvalue weighted by atomic mass is 32.1. The van der Waals surface area contributed by atoms with E-state index in [1.807, 2.05) is 19.9 Å². The lowest BCUT2D eigenvalue weighted by Crippen LogP contribution is -2.38. The average molecular weight is 324 g/mol. The fraction of sp³-hybridized carbons (Fsp3) is 0.647. The van der Waals surface area contributed by atoms with Crippen LogP contribution in [0.1, 0.15) is 56.4 Å². The summed E-state index contributed by atoms with van der Waals surface area (Å²) in [7, 11) is 0. The molecular formula is C17H29N3OS. The Morgan fingerprint density at radius 1 is 1.32 bits per heavy atom. The summed E-state index contributed by atoms with van der Waals surface area (Å²) in [6, 6.07) is 1.98. The molecule has 0 aliphatic carbocycles. The lowest BCUT2D eigenvalue weighted by atomic mass is 9.99. The van der Waals surface area contributed by atoms with Gasteiger partial charge in [-0.2, -0.15) is 0 Å². The highest BCUT2D eigenvalue weighted by Crippen LogP contribution is 2.11. The van der Waals surface area contributed by atoms with Gasteiger partial charge < -0.3 is 15.6 Å². The number of pyridine rings is 1. The molecule has 1 aromatic heterocycles. The molecule has 0 aromatic carbocycles. The smallest absolute Gasteiger partial charge is 0.253 e. The Bertz CT molecular complexity index is 539. The van der Waals surface area contributed by atoms with Crippen molar-refractivity contribution in [1.82, 2.24) is 15.6 Å². The van der Waals surface area contributed by atoms with Crippen molar-refractivity contribution in [3.8, 4) is 0 Å². The Labute approximate surface area is 139 Å². The van der Waals surface area contributed by atoms with E-state index in [1.54, 1.807) is 0 Å². The molecule has 0 spiro atoms. The molecule has 0 amide bonds. The zero-order chi connectivity index (χ0) is 16.5. The Balaban J connectivity index is 2.45. The van der Waals surface area contributed by atoms with Gasteiger partial charge in [-0.15, -0.1) is 0 Å². The molecule has 0 aliphatic rings. The molecule has 5 heteroatoms. The van der Waals surface area contributed by atoms with Crippen molar-refractivity contribution in [3.05, 3.63) is 33.2 Å². The van der Waals surface area contributed by atoms with Crippen LogP contribution in [0.4, 0.5) is 0 Å². The molecule has 0 aliphatic heterocycles. The maximum Gasteiger partial charge on any atom is 0.253 e. The summed E-state index contributed by atoms with van der Waals surface area (Å²) >= 11 is 5.31. The van der Waals surface area contributed by atoms with Crippen LogP contribution in [-0.2, 0) is 6.54 Å². The Morgan fingerprint density at radius 2 is 2.05 bits per heavy atom. The summed E-state index contributed by atoms with van der Waals surface area (Å²) in [5, 5.41) is 7.03. The van der Waals surface area contributed by atoms with Crippen molar-refractivity contribution < 1.29 is 0 Å². The summed E-state index contributed by atoms with van der Waals surface area (Å²) in [6.45, 7) is 9.62. The van der Waals surface area contributed by atoms with Crippen LogP contribution in [0.15, 0.2) is 10.9 Å². The number of unbranched alkanes of at least 4 members (excludes halogenated alkanes) is 1. The van der Waals surface area contributed by atoms with E-state index in [9.17, 15) is 4.79 Å². The Hall–Kier alpha value is -1.36. The molecule has 0 radical (unpaired) electrons. The van der Waals surface area contributed by atoms with Gasteiger partial charge in [0.2, 0.25) is 0 Å². The number of hydrogen-bond acceptors (Lipinski definition) is 2. The molecule has 1 aromatic rings. The number of thiocarbonyl (C=S) groups is 1. The molecule has 124 valence electrons. The highest BCUT2D eigenvalue weighted by molar-refractivity contribution is 7.80. The molecule has 1 heterocycles. The summed E-state index contributed by atoms with van der Waals surface area (Å²) in [4.78, 5) is 14.8. The van der Waals surface area contributed by atoms with Crippen molar-refractivity contribution in [3.63, 3.8) is 0 Å². The lowest BCUT2D eigenvalue weighted by Gasteiger charge is -2.17. The van der Waals surface area contributed by atoms with Crippen LogP contribution in [0.25, 0.3) is 0 Å². The van der Waals surface area contributed by atoms with Gasteiger partial charge >= 0.3 is 0 Å². The first-order valence-corrected chi connectivity index (χ1v) is 8.59. The lowest BCUT2D eigenvalue weighted by molar-refractivity contribution is 0.445. The van der Waals surface area contributed by atoms with E-state index in [0.717, 1.165) is 29.8 Å². The number of rotatable bonds is 8. The number of aromatic amines is 1. The minimum absolute atomic E-state index is 0.0396. The molecular weight excluding hydrogens is 294 g/mol. The van der Waals surface area contributed by atoms with Gasteiger partial charge in [-0.05, 0) is 50.0 Å². The molecule has 4 nitrogen and oxygen atoms in total. The minimum atomic E-state index is -0.0396. The first-order valence-electron chi connectivity index (χ1n) is 8.19. The predicted molar refractivity (Wildman–Crippen MR) is 97.3 cm³/mol. The number of nitrogens with one attached hydrogen (secondary N) is 3. The summed E-state index contributed by atoms with van der Waals surface area (Å²) in [5.41, 5.74) is 2.58. The van der Waals surface area contributed by atoms with Crippen LogP contribution in [-0.4, -0.2) is 16.6 Å². The van der Waals surface area contributed by atoms with Crippen LogP contribution in [0.2, 0.25) is 0 Å². The third kappa shape index (κ3) is 6.18. The molecule has 22 heavy (non-hydrogen) atoms. The molecule has 0 saturated heterocycles. The molecule has 0 bridgehead atoms. The molecule has 3 N–H and O–H groups in total. The maximum absolute atomic E-state index is 11.9. The van der Waals surface area contributed by atoms with Crippen molar-refractivity contribution in [2.75, 3.05) is 6.54 Å². The SMILES string of the molecule is CCCC[C@@H](CC)CNC(=S)NCc1c(C)cc(C)[nH]c1=O. The molecule has 1 rings (SSSR count). The van der Waals surface area contributed by atoms with Crippen LogP contribution >= 0.6 is 12.2 Å². The first-order chi connectivity index (χ1) is 10.5. The van der Waals surface area contributed by atoms with Gasteiger partial charge in [0.15, 0.2) is 5.11 Å². The van der Waals surface area contributed by atoms with Crippen LogP contribution in [0.5, 0.6) is 0 Å². The van der Waals surface area contributed by atoms with Gasteiger partial charge in [0.1, 0.15) is 0 Å². The Kier molecular flexibility index (Phi) is 8.17. The van der Waals surface area contributed by atoms with E-state index in [2.05, 4.69) is 29.5 Å². The quantitative estimate of drug-likeness (QED) is 0.643. The summed E-state index contributed by atoms with van der Waals surface area (Å²) < 4.78 is 0. The zero-order valence-electron chi connectivity index (χ0n) is 14.2. The first kappa shape index (κ1) is 18.7. The van der Waals surface area contributed by atoms with E-state index in [-0.39, 0.29) is 5.56 Å². The maximum atomic E-state index is 11.9. The second kappa shape index (κ2) is 9.62. The second-order valence-electron chi connectivity index (χ2n) is 5.92. The monoisotopic (exact) mass is 323 g/mol. The normalized spacial score (nSPS) is 12.0. The topological polar surface area (TPSA) is 56.9 Å². The minimum Gasteiger partial charge on any atom is -0.362 e. The van der Waals surface area contributed by atoms with E-state index in [0.29, 0.717) is 17.6 Å². The van der Waals surface area contributed by atoms with Crippen LogP contribution in [0.3, 0.4) is 0 Å². The standard InChI is InChI=1S/C17H29N3OS/c1-5-7-8-14(6-2)10-18-17(22)19-11-15-12(3)9-13(4)20-16(15)21/h9,14H,5-8,10-11H2,1-4H3,(H,20,21)(H2,18,19,22)/t14-/m1/s1. The number of H-pyrrole nitrogens is 1. The van der Waals surface area contributed by atoms with E-state index < -0.39 is 0 Å². The number of hydrogen-bond donors (Lipinski definition) is 3. The van der Waals surface area contributed by atoms with E-state index in [1.165, 1.54) is 19.3 Å². The van der Waals surface area contributed by atoms with Crippen molar-refractivity contribution in [2.24, 2.45) is 5.92 Å². The van der Waals surface area contributed by atoms with Gasteiger partial charge in [0.25, 0.3) is 5.56 Å². The highest BCUT2D eigenvalue weighted by Gasteiger charge is 2.08. The van der Waals surface area contributed by atoms with Gasteiger partial charge in [-0.3, -0.25) is 4.79 Å². The number of aryl methyl sites for hydroxylation is 2. The average Bonchev–Trinajstić information content (AvgIpc) is 2.46. The summed E-state index contributed by atoms with van der Waals surface area (Å²) in [5.74, 6) is 0.657. The van der Waals surface area contributed by atoms with Gasteiger partial charge in [-0.1, -0.05) is 33.1 Å². The Morgan fingerprint density at radius 3 is 2.64 bits per heavy atom. The van der Waals surface area contributed by atoms with E-state index in [4.69, 9.17) is 12.2 Å². The van der Waals surface area contributed by atoms with Gasteiger partial charge in [0.05, 0.1) is 0 Å². The van der Waals surface area contributed by atoms with Crippen molar-refractivity contribution in [1.29, 1.82) is 0 Å². The molecule has 0 fully saturated rings. The molecule has 0 saturated carbocycles. The zero-order valence-corrected chi connectivity index (χ0v) is 15.0. The number of aromatic nitrogens is 1. The predicted octanol–water partition coefficient (Wildman–Crippen LogP) is 3.17.